The molecule has 1 heterocycles. The number of nitrogens with one attached hydrogen (secondary N) is 1. The number of rotatable bonds is 8. The first kappa shape index (κ1) is 28.5. The number of benzene rings is 3. The maximum atomic E-state index is 13.1. The summed E-state index contributed by atoms with van der Waals surface area (Å²) in [4.78, 5) is 39.7. The molecule has 3 aromatic rings. The summed E-state index contributed by atoms with van der Waals surface area (Å²) in [6.07, 6.45) is 1.55. The van der Waals surface area contributed by atoms with Crippen LogP contribution in [-0.2, 0) is 16.2 Å². The molecule has 39 heavy (non-hydrogen) atoms. The van der Waals surface area contributed by atoms with Gasteiger partial charge in [-0.25, -0.2) is 0 Å². The molecule has 0 spiro atoms. The number of nitrogens with zero attached hydrogens (tertiary/aromatic N) is 1. The van der Waals surface area contributed by atoms with Crippen LogP contribution in [0.2, 0.25) is 10.0 Å². The summed E-state index contributed by atoms with van der Waals surface area (Å²) in [5.74, 6) is -0.206. The van der Waals surface area contributed by atoms with Crippen LogP contribution < -0.4 is 14.8 Å². The molecule has 0 aliphatic carbocycles. The van der Waals surface area contributed by atoms with Gasteiger partial charge in [0, 0.05) is 26.9 Å². The monoisotopic (exact) mass is 584 g/mol. The maximum Gasteiger partial charge on any atom is 0.294 e. The summed E-state index contributed by atoms with van der Waals surface area (Å²) < 4.78 is 11.5. The second kappa shape index (κ2) is 12.2. The number of amides is 3. The lowest BCUT2D eigenvalue weighted by molar-refractivity contribution is -0.127. The number of ether oxygens (including phenoxy) is 2. The van der Waals surface area contributed by atoms with E-state index in [0.717, 1.165) is 33.4 Å². The molecule has 0 bridgehead atoms. The molecule has 202 valence electrons. The number of para-hydroxylation sites is 1. The lowest BCUT2D eigenvalue weighted by Gasteiger charge is -2.16. The molecule has 1 fully saturated rings. The fraction of sp³-hybridized carbons (Fsp3) is 0.207. The SMILES string of the molecule is COc1cccc(C=C2SC(=O)N(CC(=O)Nc3c(C)cc(C)cc3C)C2=O)c1OCc1ccc(Cl)cc1Cl. The molecule has 3 amide bonds. The van der Waals surface area contributed by atoms with Crippen LogP contribution >= 0.6 is 35.0 Å². The Labute approximate surface area is 241 Å². The highest BCUT2D eigenvalue weighted by Gasteiger charge is 2.36. The number of halogens is 2. The zero-order valence-electron chi connectivity index (χ0n) is 21.8. The van der Waals surface area contributed by atoms with Gasteiger partial charge < -0.3 is 14.8 Å². The molecule has 0 radical (unpaired) electrons. The molecular weight excluding hydrogens is 559 g/mol. The first-order valence-corrected chi connectivity index (χ1v) is 13.5. The zero-order chi connectivity index (χ0) is 28.3. The fourth-order valence-electron chi connectivity index (χ4n) is 4.23. The van der Waals surface area contributed by atoms with Gasteiger partial charge in [-0.3, -0.25) is 19.3 Å². The normalized spacial score (nSPS) is 14.2. The van der Waals surface area contributed by atoms with Crippen molar-refractivity contribution >= 4 is 63.8 Å². The summed E-state index contributed by atoms with van der Waals surface area (Å²) in [5, 5.41) is 3.27. The molecule has 0 atom stereocenters. The molecule has 4 rings (SSSR count). The van der Waals surface area contributed by atoms with E-state index in [4.69, 9.17) is 32.7 Å². The van der Waals surface area contributed by atoms with Crippen LogP contribution in [0, 0.1) is 20.8 Å². The van der Waals surface area contributed by atoms with Gasteiger partial charge in [-0.2, -0.15) is 0 Å². The number of aryl methyl sites for hydroxylation is 3. The van der Waals surface area contributed by atoms with Crippen LogP contribution in [0.25, 0.3) is 6.08 Å². The van der Waals surface area contributed by atoms with E-state index in [9.17, 15) is 14.4 Å². The van der Waals surface area contributed by atoms with Crippen LogP contribution in [0.5, 0.6) is 11.5 Å². The van der Waals surface area contributed by atoms with Crippen molar-refractivity contribution in [3.05, 3.63) is 91.3 Å². The van der Waals surface area contributed by atoms with Gasteiger partial charge in [-0.15, -0.1) is 0 Å². The molecule has 3 aromatic carbocycles. The Morgan fingerprint density at radius 2 is 1.77 bits per heavy atom. The minimum absolute atomic E-state index is 0.122. The Kier molecular flexibility index (Phi) is 8.90. The maximum absolute atomic E-state index is 13.1. The number of imide groups is 1. The number of hydrogen-bond donors (Lipinski definition) is 1. The van der Waals surface area contributed by atoms with Gasteiger partial charge in [0.1, 0.15) is 13.2 Å². The number of anilines is 1. The summed E-state index contributed by atoms with van der Waals surface area (Å²) in [6.45, 7) is 5.49. The minimum Gasteiger partial charge on any atom is -0.493 e. The molecule has 10 heteroatoms. The second-order valence-corrected chi connectivity index (χ2v) is 10.8. The van der Waals surface area contributed by atoms with E-state index in [1.807, 2.05) is 32.9 Å². The van der Waals surface area contributed by atoms with Crippen LogP contribution in [0.15, 0.2) is 53.4 Å². The minimum atomic E-state index is -0.563. The topological polar surface area (TPSA) is 84.9 Å². The van der Waals surface area contributed by atoms with Crippen molar-refractivity contribution in [1.82, 2.24) is 4.90 Å². The van der Waals surface area contributed by atoms with E-state index in [2.05, 4.69) is 5.32 Å². The van der Waals surface area contributed by atoms with E-state index < -0.39 is 23.6 Å². The number of thioether (sulfide) groups is 1. The Hall–Kier alpha value is -3.46. The highest BCUT2D eigenvalue weighted by Crippen LogP contribution is 2.38. The largest absolute Gasteiger partial charge is 0.493 e. The number of carbonyl (C=O) groups excluding carboxylic acids is 3. The zero-order valence-corrected chi connectivity index (χ0v) is 24.1. The van der Waals surface area contributed by atoms with Crippen LogP contribution in [0.3, 0.4) is 0 Å². The van der Waals surface area contributed by atoms with Crippen LogP contribution in [0.1, 0.15) is 27.8 Å². The predicted molar refractivity (Wildman–Crippen MR) is 156 cm³/mol. The first-order chi connectivity index (χ1) is 18.6. The molecule has 1 aliphatic rings. The Morgan fingerprint density at radius 3 is 2.44 bits per heavy atom. The van der Waals surface area contributed by atoms with Gasteiger partial charge in [0.25, 0.3) is 11.1 Å². The van der Waals surface area contributed by atoms with Crippen molar-refractivity contribution in [2.24, 2.45) is 0 Å². The van der Waals surface area contributed by atoms with E-state index in [0.29, 0.717) is 38.4 Å². The van der Waals surface area contributed by atoms with Crippen molar-refractivity contribution < 1.29 is 23.9 Å². The fourth-order valence-corrected chi connectivity index (χ4v) is 5.52. The Balaban J connectivity index is 1.53. The molecule has 0 unspecified atom stereocenters. The molecular formula is C29H26Cl2N2O5S. The van der Waals surface area contributed by atoms with Crippen molar-refractivity contribution in [3.8, 4) is 11.5 Å². The lowest BCUT2D eigenvalue weighted by Crippen LogP contribution is -2.36. The van der Waals surface area contributed by atoms with Crippen LogP contribution in [0.4, 0.5) is 10.5 Å². The van der Waals surface area contributed by atoms with Crippen molar-refractivity contribution in [1.29, 1.82) is 0 Å². The van der Waals surface area contributed by atoms with Gasteiger partial charge in [0.2, 0.25) is 5.91 Å². The molecule has 0 saturated carbocycles. The Morgan fingerprint density at radius 1 is 1.05 bits per heavy atom. The van der Waals surface area contributed by atoms with Gasteiger partial charge in [-0.05, 0) is 67.9 Å². The van der Waals surface area contributed by atoms with Crippen molar-refractivity contribution in [2.75, 3.05) is 19.0 Å². The van der Waals surface area contributed by atoms with Gasteiger partial charge >= 0.3 is 0 Å². The third kappa shape index (κ3) is 6.58. The van der Waals surface area contributed by atoms with E-state index >= 15 is 0 Å². The highest BCUT2D eigenvalue weighted by molar-refractivity contribution is 8.18. The predicted octanol–water partition coefficient (Wildman–Crippen LogP) is 7.18. The summed E-state index contributed by atoms with van der Waals surface area (Å²) in [6, 6.07) is 14.2. The van der Waals surface area contributed by atoms with Crippen molar-refractivity contribution in [3.63, 3.8) is 0 Å². The van der Waals surface area contributed by atoms with Gasteiger partial charge in [0.05, 0.1) is 12.0 Å². The molecule has 1 saturated heterocycles. The van der Waals surface area contributed by atoms with Gasteiger partial charge in [0.15, 0.2) is 11.5 Å². The standard InChI is InChI=1S/C29H26Cl2N2O5S/c1-16-10-17(2)26(18(3)11-16)32-25(34)14-33-28(35)24(39-29(33)36)12-19-6-5-7-23(37-4)27(19)38-15-20-8-9-21(30)13-22(20)31/h5-13H,14-15H2,1-4H3,(H,32,34). The number of carbonyl (C=O) groups is 3. The second-order valence-electron chi connectivity index (χ2n) is 8.99. The molecule has 1 aliphatic heterocycles. The summed E-state index contributed by atoms with van der Waals surface area (Å²) >= 11 is 13.0. The van der Waals surface area contributed by atoms with E-state index in [-0.39, 0.29) is 11.5 Å². The summed E-state index contributed by atoms with van der Waals surface area (Å²) in [5.41, 5.74) is 4.80. The van der Waals surface area contributed by atoms with E-state index in [1.54, 1.807) is 42.5 Å². The quantitative estimate of drug-likeness (QED) is 0.282. The number of methoxy groups -OCH3 is 1. The van der Waals surface area contributed by atoms with Crippen molar-refractivity contribution in [2.45, 2.75) is 27.4 Å². The van der Waals surface area contributed by atoms with Gasteiger partial charge in [-0.1, -0.05) is 59.1 Å². The highest BCUT2D eigenvalue weighted by atomic mass is 35.5. The van der Waals surface area contributed by atoms with E-state index in [1.165, 1.54) is 7.11 Å². The molecule has 0 aromatic heterocycles. The number of hydrogen-bond acceptors (Lipinski definition) is 6. The average molecular weight is 586 g/mol. The smallest absolute Gasteiger partial charge is 0.294 e. The van der Waals surface area contributed by atoms with Crippen LogP contribution in [-0.4, -0.2) is 35.6 Å². The summed E-state index contributed by atoms with van der Waals surface area (Å²) in [7, 11) is 1.51. The Bertz CT molecular complexity index is 1480. The molecule has 1 N–H and O–H groups in total. The third-order valence-corrected chi connectivity index (χ3v) is 7.51. The third-order valence-electron chi connectivity index (χ3n) is 6.02. The molecule has 7 nitrogen and oxygen atoms in total. The first-order valence-electron chi connectivity index (χ1n) is 11.9. The average Bonchev–Trinajstić information content (AvgIpc) is 3.13. The lowest BCUT2D eigenvalue weighted by atomic mass is 10.1.